The topological polar surface area (TPSA) is 88.1 Å². The Morgan fingerprint density at radius 2 is 1.56 bits per heavy atom. The summed E-state index contributed by atoms with van der Waals surface area (Å²) in [5.74, 6) is 1.93. The number of ether oxygens (including phenoxy) is 2. The van der Waals surface area contributed by atoms with Crippen LogP contribution in [-0.2, 0) is 9.59 Å². The lowest BCUT2D eigenvalue weighted by Gasteiger charge is -2.40. The van der Waals surface area contributed by atoms with Crippen LogP contribution in [-0.4, -0.2) is 83.6 Å². The van der Waals surface area contributed by atoms with Crippen LogP contribution in [0.15, 0.2) is 42.7 Å². The number of hydrogen-bond acceptors (Lipinski definition) is 7. The average molecular weight is 438 g/mol. The second kappa shape index (κ2) is 9.02. The van der Waals surface area contributed by atoms with E-state index in [2.05, 4.69) is 14.9 Å². The van der Waals surface area contributed by atoms with Crippen molar-refractivity contribution in [1.82, 2.24) is 19.8 Å². The molecule has 9 heteroatoms. The lowest BCUT2D eigenvalue weighted by atomic mass is 9.96. The maximum Gasteiger partial charge on any atom is 0.267 e. The zero-order valence-electron chi connectivity index (χ0n) is 17.9. The molecule has 1 aromatic carbocycles. The van der Waals surface area contributed by atoms with E-state index in [0.29, 0.717) is 50.2 Å². The highest BCUT2D eigenvalue weighted by Gasteiger charge is 2.35. The molecule has 3 aliphatic heterocycles. The normalized spacial score (nSPS) is 23.1. The van der Waals surface area contributed by atoms with Gasteiger partial charge in [-0.05, 0) is 31.0 Å². The highest BCUT2D eigenvalue weighted by atomic mass is 16.6. The van der Waals surface area contributed by atoms with E-state index in [0.717, 1.165) is 19.4 Å². The molecule has 1 aromatic heterocycles. The molecule has 0 radical (unpaired) electrons. The monoisotopic (exact) mass is 437 g/mol. The van der Waals surface area contributed by atoms with Gasteiger partial charge in [-0.2, -0.15) is 0 Å². The number of carbonyl (C=O) groups excluding carboxylic acids is 2. The maximum atomic E-state index is 13.2. The van der Waals surface area contributed by atoms with E-state index in [1.807, 2.05) is 23.1 Å². The van der Waals surface area contributed by atoms with E-state index >= 15 is 0 Å². The molecule has 0 bridgehead atoms. The number of nitrogens with zero attached hydrogens (tertiary/aromatic N) is 5. The molecule has 32 heavy (non-hydrogen) atoms. The van der Waals surface area contributed by atoms with Crippen LogP contribution in [0, 0.1) is 5.92 Å². The summed E-state index contributed by atoms with van der Waals surface area (Å²) in [6.45, 7) is 3.78. The first kappa shape index (κ1) is 20.5. The minimum Gasteiger partial charge on any atom is -0.485 e. The Kier molecular flexibility index (Phi) is 5.79. The van der Waals surface area contributed by atoms with Crippen molar-refractivity contribution in [3.05, 3.63) is 42.7 Å². The Hall–Kier alpha value is -3.36. The molecule has 2 atom stereocenters. The van der Waals surface area contributed by atoms with Gasteiger partial charge in [0.15, 0.2) is 11.5 Å². The van der Waals surface area contributed by atoms with Crippen molar-refractivity contribution < 1.29 is 19.1 Å². The summed E-state index contributed by atoms with van der Waals surface area (Å²) in [5, 5.41) is 0. The molecular formula is C23H27N5O4. The van der Waals surface area contributed by atoms with Gasteiger partial charge in [-0.1, -0.05) is 12.1 Å². The van der Waals surface area contributed by atoms with Gasteiger partial charge in [-0.25, -0.2) is 9.97 Å². The molecule has 2 aromatic rings. The molecule has 168 valence electrons. The summed E-state index contributed by atoms with van der Waals surface area (Å²) in [4.78, 5) is 40.5. The molecule has 0 spiro atoms. The second-order valence-electron chi connectivity index (χ2n) is 8.35. The van der Waals surface area contributed by atoms with Crippen LogP contribution in [0.25, 0.3) is 0 Å². The predicted molar refractivity (Wildman–Crippen MR) is 116 cm³/mol. The van der Waals surface area contributed by atoms with Crippen molar-refractivity contribution in [2.75, 3.05) is 50.8 Å². The number of amides is 2. The summed E-state index contributed by atoms with van der Waals surface area (Å²) in [6.07, 6.45) is 4.61. The number of para-hydroxylation sites is 2. The van der Waals surface area contributed by atoms with Gasteiger partial charge < -0.3 is 24.2 Å². The average Bonchev–Trinajstić information content (AvgIpc) is 2.88. The third-order valence-corrected chi connectivity index (χ3v) is 6.29. The zero-order valence-corrected chi connectivity index (χ0v) is 17.9. The Morgan fingerprint density at radius 1 is 0.875 bits per heavy atom. The fourth-order valence-electron chi connectivity index (χ4n) is 4.57. The highest BCUT2D eigenvalue weighted by molar-refractivity contribution is 5.83. The largest absolute Gasteiger partial charge is 0.485 e. The number of benzene rings is 1. The molecule has 2 fully saturated rings. The Morgan fingerprint density at radius 3 is 2.31 bits per heavy atom. The van der Waals surface area contributed by atoms with Crippen LogP contribution in [0.4, 0.5) is 5.95 Å². The van der Waals surface area contributed by atoms with Crippen LogP contribution in [0.3, 0.4) is 0 Å². The number of rotatable bonds is 3. The maximum absolute atomic E-state index is 13.2. The first-order chi connectivity index (χ1) is 15.7. The van der Waals surface area contributed by atoms with Crippen LogP contribution < -0.4 is 14.4 Å². The van der Waals surface area contributed by atoms with Gasteiger partial charge >= 0.3 is 0 Å². The molecule has 0 aliphatic carbocycles. The fourth-order valence-corrected chi connectivity index (χ4v) is 4.57. The second-order valence-corrected chi connectivity index (χ2v) is 8.35. The van der Waals surface area contributed by atoms with Gasteiger partial charge in [0.25, 0.3) is 5.91 Å². The Labute approximate surface area is 186 Å². The predicted octanol–water partition coefficient (Wildman–Crippen LogP) is 1.20. The number of hydrogen-bond donors (Lipinski definition) is 0. The number of piperazine rings is 1. The van der Waals surface area contributed by atoms with Crippen molar-refractivity contribution in [1.29, 1.82) is 0 Å². The first-order valence-corrected chi connectivity index (χ1v) is 11.2. The summed E-state index contributed by atoms with van der Waals surface area (Å²) in [5.41, 5.74) is 0. The third-order valence-electron chi connectivity index (χ3n) is 6.29. The van der Waals surface area contributed by atoms with Gasteiger partial charge in [0, 0.05) is 51.7 Å². The Bertz CT molecular complexity index is 964. The number of aromatic nitrogens is 2. The molecule has 3 aliphatic rings. The molecular weight excluding hydrogens is 410 g/mol. The minimum absolute atomic E-state index is 0.0682. The van der Waals surface area contributed by atoms with Crippen LogP contribution in [0.2, 0.25) is 0 Å². The first-order valence-electron chi connectivity index (χ1n) is 11.2. The lowest BCUT2D eigenvalue weighted by molar-refractivity contribution is -0.147. The zero-order chi connectivity index (χ0) is 21.9. The summed E-state index contributed by atoms with van der Waals surface area (Å²) in [7, 11) is 0. The molecule has 4 heterocycles. The van der Waals surface area contributed by atoms with Crippen molar-refractivity contribution in [3.8, 4) is 11.5 Å². The van der Waals surface area contributed by atoms with Crippen LogP contribution in [0.5, 0.6) is 11.5 Å². The Balaban J connectivity index is 1.14. The smallest absolute Gasteiger partial charge is 0.267 e. The highest BCUT2D eigenvalue weighted by Crippen LogP contribution is 2.31. The van der Waals surface area contributed by atoms with E-state index < -0.39 is 6.10 Å². The van der Waals surface area contributed by atoms with Gasteiger partial charge in [-0.15, -0.1) is 0 Å². The van der Waals surface area contributed by atoms with Crippen molar-refractivity contribution in [2.24, 2.45) is 5.92 Å². The summed E-state index contributed by atoms with van der Waals surface area (Å²) in [6, 6.07) is 9.16. The quantitative estimate of drug-likeness (QED) is 0.713. The summed E-state index contributed by atoms with van der Waals surface area (Å²) >= 11 is 0. The van der Waals surface area contributed by atoms with Gasteiger partial charge in [0.2, 0.25) is 18.0 Å². The number of piperidine rings is 1. The van der Waals surface area contributed by atoms with Gasteiger partial charge in [-0.3, -0.25) is 9.59 Å². The third kappa shape index (κ3) is 4.19. The number of carbonyl (C=O) groups is 2. The summed E-state index contributed by atoms with van der Waals surface area (Å²) < 4.78 is 11.5. The molecule has 5 rings (SSSR count). The SMILES string of the molecule is O=C([C@H]1CCCN(c2ncccn2)C1)N1CCN(C(=O)[C@H]2COc3ccccc3O2)CC1. The number of fused-ring (bicyclic) bond motifs is 1. The lowest BCUT2D eigenvalue weighted by Crippen LogP contribution is -2.56. The van der Waals surface area contributed by atoms with Crippen molar-refractivity contribution in [2.45, 2.75) is 18.9 Å². The van der Waals surface area contributed by atoms with E-state index in [9.17, 15) is 9.59 Å². The van der Waals surface area contributed by atoms with Gasteiger partial charge in [0.05, 0.1) is 5.92 Å². The van der Waals surface area contributed by atoms with E-state index in [4.69, 9.17) is 9.47 Å². The van der Waals surface area contributed by atoms with Crippen molar-refractivity contribution >= 4 is 17.8 Å². The van der Waals surface area contributed by atoms with E-state index in [1.165, 1.54) is 0 Å². The fraction of sp³-hybridized carbons (Fsp3) is 0.478. The van der Waals surface area contributed by atoms with E-state index in [1.54, 1.807) is 29.4 Å². The number of anilines is 1. The van der Waals surface area contributed by atoms with Crippen LogP contribution in [0.1, 0.15) is 12.8 Å². The van der Waals surface area contributed by atoms with Gasteiger partial charge in [0.1, 0.15) is 6.61 Å². The minimum atomic E-state index is -0.648. The van der Waals surface area contributed by atoms with E-state index in [-0.39, 0.29) is 24.3 Å². The molecule has 0 saturated carbocycles. The molecule has 2 saturated heterocycles. The van der Waals surface area contributed by atoms with Crippen molar-refractivity contribution in [3.63, 3.8) is 0 Å². The standard InChI is InChI=1S/C23H27N5O4/c29-21(17-5-3-10-28(15-17)23-24-8-4-9-25-23)26-11-13-27(14-12-26)22(30)20-16-31-18-6-1-2-7-19(18)32-20/h1-2,4,6-9,17,20H,3,5,10-16H2/t17-,20+/m0/s1. The molecule has 0 unspecified atom stereocenters. The molecule has 0 N–H and O–H groups in total. The molecule has 9 nitrogen and oxygen atoms in total. The molecule has 2 amide bonds. The van der Waals surface area contributed by atoms with Crippen LogP contribution >= 0.6 is 0 Å².